The maximum absolute atomic E-state index is 13.3. The molecule has 0 unspecified atom stereocenters. The van der Waals surface area contributed by atoms with Gasteiger partial charge in [0, 0.05) is 19.2 Å². The molecule has 2 aromatic heterocycles. The van der Waals surface area contributed by atoms with Crippen LogP contribution in [0.4, 0.5) is 10.1 Å². The number of likely N-dealkylation sites (N-methyl/N-ethyl adjacent to an activating group) is 1. The number of halogens is 1. The van der Waals surface area contributed by atoms with E-state index in [9.17, 15) is 14.9 Å². The number of nitro groups is 1. The molecule has 0 saturated carbocycles. The first-order valence-corrected chi connectivity index (χ1v) is 11.1. The molecule has 0 aliphatic heterocycles. The third-order valence-electron chi connectivity index (χ3n) is 5.07. The van der Waals surface area contributed by atoms with Gasteiger partial charge in [0.25, 0.3) is 5.91 Å². The summed E-state index contributed by atoms with van der Waals surface area (Å²) >= 11 is 2.38. The number of carbonyl (C=O) groups is 1. The van der Waals surface area contributed by atoms with Gasteiger partial charge >= 0.3 is 5.00 Å². The molecule has 0 spiro atoms. The summed E-state index contributed by atoms with van der Waals surface area (Å²) in [6, 6.07) is 7.00. The minimum absolute atomic E-state index is 0. The van der Waals surface area contributed by atoms with Gasteiger partial charge in [-0.25, -0.2) is 4.98 Å². The van der Waals surface area contributed by atoms with Crippen molar-refractivity contribution in [3.63, 3.8) is 0 Å². The minimum Gasteiger partial charge on any atom is -0.302 e. The largest absolute Gasteiger partial charge is 0.324 e. The number of thiazole rings is 1. The van der Waals surface area contributed by atoms with Crippen LogP contribution in [-0.4, -0.2) is 46.9 Å². The van der Waals surface area contributed by atoms with Gasteiger partial charge in [0.05, 0.1) is 20.0 Å². The van der Waals surface area contributed by atoms with Gasteiger partial charge in [0.2, 0.25) is 0 Å². The van der Waals surface area contributed by atoms with E-state index in [2.05, 4.69) is 24.8 Å². The lowest BCUT2D eigenvalue weighted by Gasteiger charge is -2.24. The van der Waals surface area contributed by atoms with Gasteiger partial charge in [-0.15, -0.1) is 12.4 Å². The van der Waals surface area contributed by atoms with E-state index in [0.29, 0.717) is 23.1 Å². The highest BCUT2D eigenvalue weighted by molar-refractivity contribution is 7.22. The molecule has 0 aliphatic carbocycles. The van der Waals surface area contributed by atoms with E-state index in [0.717, 1.165) is 45.8 Å². The molecule has 0 aliphatic rings. The quantitative estimate of drug-likeness (QED) is 0.331. The summed E-state index contributed by atoms with van der Waals surface area (Å²) in [6.07, 6.45) is 0. The molecule has 2 heterocycles. The zero-order valence-corrected chi connectivity index (χ0v) is 19.8. The average Bonchev–Trinajstić information content (AvgIpc) is 3.36. The Morgan fingerprint density at radius 3 is 2.40 bits per heavy atom. The van der Waals surface area contributed by atoms with Crippen LogP contribution in [-0.2, 0) is 0 Å². The van der Waals surface area contributed by atoms with Gasteiger partial charge in [-0.05, 0) is 50.2 Å². The van der Waals surface area contributed by atoms with Crippen LogP contribution in [0.1, 0.15) is 34.6 Å². The SMILES string of the molecule is CCN(CC)CCN(C(=O)c1ccc([N+](=O)[O-])s1)c1nc2c(C)c(C)ccc2s1.Cl. The first-order valence-electron chi connectivity index (χ1n) is 9.50. The van der Waals surface area contributed by atoms with Crippen LogP contribution in [0, 0.1) is 24.0 Å². The van der Waals surface area contributed by atoms with Crippen molar-refractivity contribution in [1.82, 2.24) is 9.88 Å². The molecule has 1 amide bonds. The Morgan fingerprint density at radius 1 is 1.10 bits per heavy atom. The van der Waals surface area contributed by atoms with E-state index in [-0.39, 0.29) is 23.3 Å². The highest BCUT2D eigenvalue weighted by Crippen LogP contribution is 2.34. The number of aromatic nitrogens is 1. The Kier molecular flexibility index (Phi) is 8.31. The number of benzene rings is 1. The van der Waals surface area contributed by atoms with Crippen molar-refractivity contribution in [2.45, 2.75) is 27.7 Å². The number of rotatable bonds is 8. The van der Waals surface area contributed by atoms with E-state index in [1.807, 2.05) is 19.9 Å². The van der Waals surface area contributed by atoms with Crippen molar-refractivity contribution in [1.29, 1.82) is 0 Å². The van der Waals surface area contributed by atoms with Crippen molar-refractivity contribution in [2.24, 2.45) is 0 Å². The van der Waals surface area contributed by atoms with Crippen LogP contribution < -0.4 is 4.90 Å². The summed E-state index contributed by atoms with van der Waals surface area (Å²) < 4.78 is 1.03. The van der Waals surface area contributed by atoms with Crippen LogP contribution in [0.5, 0.6) is 0 Å². The molecule has 3 rings (SSSR count). The lowest BCUT2D eigenvalue weighted by atomic mass is 10.1. The van der Waals surface area contributed by atoms with Crippen molar-refractivity contribution in [2.75, 3.05) is 31.1 Å². The molecule has 7 nitrogen and oxygen atoms in total. The Balaban J connectivity index is 0.00000320. The van der Waals surface area contributed by atoms with Crippen LogP contribution in [0.15, 0.2) is 24.3 Å². The molecule has 0 atom stereocenters. The second kappa shape index (κ2) is 10.3. The summed E-state index contributed by atoms with van der Waals surface area (Å²) in [4.78, 5) is 32.8. The average molecular weight is 469 g/mol. The predicted molar refractivity (Wildman–Crippen MR) is 127 cm³/mol. The monoisotopic (exact) mass is 468 g/mol. The van der Waals surface area contributed by atoms with E-state index in [1.54, 1.807) is 4.90 Å². The number of anilines is 1. The first-order chi connectivity index (χ1) is 13.8. The number of hydrogen-bond acceptors (Lipinski definition) is 7. The van der Waals surface area contributed by atoms with E-state index in [4.69, 9.17) is 4.98 Å². The fraction of sp³-hybridized carbons (Fsp3) is 0.400. The Bertz CT molecular complexity index is 1050. The van der Waals surface area contributed by atoms with E-state index >= 15 is 0 Å². The van der Waals surface area contributed by atoms with Gasteiger partial charge in [0.15, 0.2) is 5.13 Å². The highest BCUT2D eigenvalue weighted by Gasteiger charge is 2.25. The number of nitrogens with zero attached hydrogens (tertiary/aromatic N) is 4. The zero-order chi connectivity index (χ0) is 21.1. The van der Waals surface area contributed by atoms with Gasteiger partial charge in [-0.2, -0.15) is 0 Å². The molecule has 0 radical (unpaired) electrons. The standard InChI is InChI=1S/C20H24N4O3S2.ClH/c1-5-22(6-2)11-12-23(19(25)16-9-10-17(28-16)24(26)27)20-21-18-14(4)13(3)7-8-15(18)29-20;/h7-10H,5-6,11-12H2,1-4H3;1H. The number of fused-ring (bicyclic) bond motifs is 1. The lowest BCUT2D eigenvalue weighted by Crippen LogP contribution is -2.38. The van der Waals surface area contributed by atoms with Crippen LogP contribution in [0.3, 0.4) is 0 Å². The normalized spacial score (nSPS) is 11.0. The van der Waals surface area contributed by atoms with Gasteiger partial charge < -0.3 is 4.90 Å². The molecule has 1 aromatic carbocycles. The molecular weight excluding hydrogens is 444 g/mol. The summed E-state index contributed by atoms with van der Waals surface area (Å²) in [5.74, 6) is -0.247. The fourth-order valence-corrected chi connectivity index (χ4v) is 4.89. The second-order valence-corrected chi connectivity index (χ2v) is 8.80. The van der Waals surface area contributed by atoms with E-state index in [1.165, 1.54) is 23.5 Å². The van der Waals surface area contributed by atoms with Crippen molar-refractivity contribution in [3.8, 4) is 0 Å². The smallest absolute Gasteiger partial charge is 0.302 e. The summed E-state index contributed by atoms with van der Waals surface area (Å²) in [5, 5.41) is 11.6. The predicted octanol–water partition coefficient (Wildman–Crippen LogP) is 5.29. The highest BCUT2D eigenvalue weighted by atomic mass is 35.5. The first kappa shape index (κ1) is 24.2. The molecule has 10 heteroatoms. The number of thiophene rings is 1. The van der Waals surface area contributed by atoms with Crippen LogP contribution >= 0.6 is 35.1 Å². The molecular formula is C20H25ClN4O3S2. The van der Waals surface area contributed by atoms with Crippen LogP contribution in [0.25, 0.3) is 10.2 Å². The fourth-order valence-electron chi connectivity index (χ4n) is 3.07. The Hall–Kier alpha value is -2.07. The summed E-state index contributed by atoms with van der Waals surface area (Å²) in [5.41, 5.74) is 3.17. The maximum Gasteiger partial charge on any atom is 0.324 e. The van der Waals surface area contributed by atoms with Gasteiger partial charge in [-0.1, -0.05) is 42.6 Å². The Labute approximate surface area is 189 Å². The number of amides is 1. The third-order valence-corrected chi connectivity index (χ3v) is 7.13. The third kappa shape index (κ3) is 4.97. The van der Waals surface area contributed by atoms with Gasteiger partial charge in [-0.3, -0.25) is 19.8 Å². The summed E-state index contributed by atoms with van der Waals surface area (Å²) in [7, 11) is 0. The van der Waals surface area contributed by atoms with E-state index < -0.39 is 4.92 Å². The summed E-state index contributed by atoms with van der Waals surface area (Å²) in [6.45, 7) is 11.2. The van der Waals surface area contributed by atoms with Crippen molar-refractivity contribution in [3.05, 3.63) is 50.4 Å². The maximum atomic E-state index is 13.3. The molecule has 0 N–H and O–H groups in total. The Morgan fingerprint density at radius 2 is 1.80 bits per heavy atom. The lowest BCUT2D eigenvalue weighted by molar-refractivity contribution is -0.380. The van der Waals surface area contributed by atoms with Gasteiger partial charge in [0.1, 0.15) is 0 Å². The minimum atomic E-state index is -0.467. The molecule has 0 fully saturated rings. The van der Waals surface area contributed by atoms with Crippen molar-refractivity contribution >= 4 is 61.3 Å². The molecule has 162 valence electrons. The number of aryl methyl sites for hydroxylation is 2. The number of hydrogen-bond donors (Lipinski definition) is 0. The molecule has 0 saturated heterocycles. The molecule has 30 heavy (non-hydrogen) atoms. The molecule has 0 bridgehead atoms. The topological polar surface area (TPSA) is 79.6 Å². The zero-order valence-electron chi connectivity index (χ0n) is 17.4. The number of carbonyl (C=O) groups excluding carboxylic acids is 1. The van der Waals surface area contributed by atoms with Crippen LogP contribution in [0.2, 0.25) is 0 Å². The van der Waals surface area contributed by atoms with Crippen molar-refractivity contribution < 1.29 is 9.72 Å². The second-order valence-electron chi connectivity index (χ2n) is 6.73. The molecule has 3 aromatic rings.